The van der Waals surface area contributed by atoms with Gasteiger partial charge in [0.05, 0.1) is 17.1 Å². The summed E-state index contributed by atoms with van der Waals surface area (Å²) < 4.78 is 11.2. The summed E-state index contributed by atoms with van der Waals surface area (Å²) in [6.07, 6.45) is 16.9. The summed E-state index contributed by atoms with van der Waals surface area (Å²) in [6, 6.07) is 56.3. The molecule has 0 atom stereocenters. The van der Waals surface area contributed by atoms with Crippen LogP contribution in [0, 0.1) is 0 Å². The van der Waals surface area contributed by atoms with Crippen LogP contribution in [-0.2, 0) is 16.8 Å². The molecule has 12 rings (SSSR count). The molecule has 0 saturated heterocycles. The molecule has 0 N–H and O–H groups in total. The zero-order chi connectivity index (χ0) is 41.2. The van der Waals surface area contributed by atoms with E-state index in [1.54, 1.807) is 32.4 Å². The van der Waals surface area contributed by atoms with Gasteiger partial charge < -0.3 is 27.6 Å². The van der Waals surface area contributed by atoms with Gasteiger partial charge in [0, 0.05) is 35.3 Å². The maximum atomic E-state index is 5.08. The van der Waals surface area contributed by atoms with E-state index in [1.165, 1.54) is 32.3 Å². The summed E-state index contributed by atoms with van der Waals surface area (Å²) in [5.74, 6) is 0. The fourth-order valence-electron chi connectivity index (χ4n) is 7.89. The molecule has 6 aromatic heterocycles. The van der Waals surface area contributed by atoms with Crippen LogP contribution < -0.4 is 0 Å². The normalized spacial score (nSPS) is 11.3. The molecule has 0 unspecified atom stereocenters. The zero-order valence-corrected chi connectivity index (χ0v) is 34.7. The van der Waals surface area contributed by atoms with Gasteiger partial charge in [-0.3, -0.25) is 0 Å². The molecule has 0 bridgehead atoms. The monoisotopic (exact) mass is 861 g/mol. The maximum Gasteiger partial charge on any atom is 2.00 e. The van der Waals surface area contributed by atoms with Crippen molar-refractivity contribution in [3.05, 3.63) is 220 Å². The number of hydrogen-bond acceptors (Lipinski definition) is 6. The molecule has 0 amide bonds. The quantitative estimate of drug-likeness (QED) is 0.134. The van der Waals surface area contributed by atoms with Crippen molar-refractivity contribution >= 4 is 46.6 Å². The molecule has 63 heavy (non-hydrogen) atoms. The summed E-state index contributed by atoms with van der Waals surface area (Å²) in [5, 5.41) is 35.1. The number of nitrogens with zero attached hydrogens (tertiary/aromatic N) is 12. The average Bonchev–Trinajstić information content (AvgIpc) is 4.19. The van der Waals surface area contributed by atoms with Crippen LogP contribution in [0.5, 0.6) is 0 Å². The number of rotatable bonds is 9. The standard InChI is InChI=1S/C39H27BN6.C9H9BN6.Co/c1-4-10-31-25-34(16-13-28(31)7-1)37-19-22-44(41-37)40(45-23-20-38(42-45)35-17-14-29-8-2-5-11-32(29)26-35)46-24-21-39(43-46)36-18-15-30-9-3-6-12-33(30)27-36;1-4-11-14(7-1)10(15-8-2-5-12-15)16-9-3-6-13-16;/h1-27H;1-9H;/q2*-1;+2. The van der Waals surface area contributed by atoms with Crippen LogP contribution in [0.15, 0.2) is 220 Å². The number of aromatic nitrogens is 12. The molecule has 0 aliphatic heterocycles. The Morgan fingerprint density at radius 1 is 0.286 bits per heavy atom. The second-order valence-corrected chi connectivity index (χ2v) is 14.9. The van der Waals surface area contributed by atoms with E-state index < -0.39 is 7.12 Å². The summed E-state index contributed by atoms with van der Waals surface area (Å²) >= 11 is 0. The van der Waals surface area contributed by atoms with E-state index in [0.29, 0.717) is 0 Å². The Morgan fingerprint density at radius 2 is 0.587 bits per heavy atom. The summed E-state index contributed by atoms with van der Waals surface area (Å²) in [5.41, 5.74) is 5.85. The van der Waals surface area contributed by atoms with Gasteiger partial charge in [-0.15, -0.1) is 0 Å². The van der Waals surface area contributed by atoms with Gasteiger partial charge in [-0.05, 0) is 124 Å². The second-order valence-electron chi connectivity index (χ2n) is 14.9. The Labute approximate surface area is 373 Å². The molecule has 12 aromatic rings. The topological polar surface area (TPSA) is 107 Å². The smallest absolute Gasteiger partial charge is 0.425 e. The molecule has 3 radical (unpaired) electrons. The van der Waals surface area contributed by atoms with Crippen molar-refractivity contribution in [2.75, 3.05) is 0 Å². The number of benzene rings is 6. The number of hydrogen-bond donors (Lipinski definition) is 0. The van der Waals surface area contributed by atoms with E-state index in [2.05, 4.69) is 161 Å². The van der Waals surface area contributed by atoms with Crippen LogP contribution in [0.3, 0.4) is 0 Å². The first-order chi connectivity index (χ1) is 30.7. The van der Waals surface area contributed by atoms with E-state index in [9.17, 15) is 0 Å². The van der Waals surface area contributed by atoms with E-state index in [1.807, 2.05) is 69.2 Å². The third-order valence-corrected chi connectivity index (χ3v) is 11.0. The predicted octanol–water partition coefficient (Wildman–Crippen LogP) is 8.87. The molecule has 12 nitrogen and oxygen atoms in total. The van der Waals surface area contributed by atoms with E-state index in [4.69, 9.17) is 15.3 Å². The molecule has 6 aromatic carbocycles. The first-order valence-electron chi connectivity index (χ1n) is 20.3. The number of fused-ring (bicyclic) bond motifs is 3. The van der Waals surface area contributed by atoms with Crippen molar-refractivity contribution in [1.82, 2.24) is 58.1 Å². The van der Waals surface area contributed by atoms with Crippen molar-refractivity contribution < 1.29 is 16.8 Å². The molecule has 0 saturated carbocycles. The minimum Gasteiger partial charge on any atom is -0.425 e. The second kappa shape index (κ2) is 17.2. The SMILES string of the molecule is [Co+2].c1ccc2cc(-c3ccn([B-](n4ccc(-c5ccc6ccccc6c5)n4)n4ccc(-c5ccc6ccccc6c5)n4)n3)ccc2c1.c1cnn([B-](n2cccn2)n2cccn2)c1. The first kappa shape index (κ1) is 39.2. The zero-order valence-electron chi connectivity index (χ0n) is 33.6. The van der Waals surface area contributed by atoms with Crippen LogP contribution in [0.4, 0.5) is 0 Å². The minimum absolute atomic E-state index is 0. The van der Waals surface area contributed by atoms with E-state index in [0.717, 1.165) is 33.8 Å². The summed E-state index contributed by atoms with van der Waals surface area (Å²) in [7, 11) is -0.655. The Bertz CT molecular complexity index is 3050. The van der Waals surface area contributed by atoms with Gasteiger partial charge in [-0.1, -0.05) is 109 Å². The molecule has 0 spiro atoms. The van der Waals surface area contributed by atoms with Gasteiger partial charge in [-0.2, -0.15) is 0 Å². The Kier molecular flexibility index (Phi) is 10.7. The van der Waals surface area contributed by atoms with Gasteiger partial charge >= 0.3 is 16.8 Å². The van der Waals surface area contributed by atoms with E-state index in [-0.39, 0.29) is 23.9 Å². The Hall–Kier alpha value is -8.00. The van der Waals surface area contributed by atoms with Crippen LogP contribution in [0.1, 0.15) is 0 Å². The molecular weight excluding hydrogens is 825 g/mol. The summed E-state index contributed by atoms with van der Waals surface area (Å²) in [6.45, 7) is 0. The van der Waals surface area contributed by atoms with Crippen molar-refractivity contribution in [2.24, 2.45) is 0 Å². The Balaban J connectivity index is 0.000000233. The molecule has 15 heteroatoms. The van der Waals surface area contributed by atoms with Gasteiger partial charge in [0.25, 0.3) is 14.2 Å². The maximum absolute atomic E-state index is 5.08. The average molecular weight is 861 g/mol. The van der Waals surface area contributed by atoms with Gasteiger partial charge in [-0.25, -0.2) is 30.6 Å². The fourth-order valence-corrected chi connectivity index (χ4v) is 7.89. The third kappa shape index (κ3) is 7.89. The molecule has 0 fully saturated rings. The third-order valence-electron chi connectivity index (χ3n) is 11.0. The largest absolute Gasteiger partial charge is 2.00 e. The van der Waals surface area contributed by atoms with Crippen LogP contribution in [0.25, 0.3) is 66.1 Å². The first-order valence-corrected chi connectivity index (χ1v) is 20.3. The van der Waals surface area contributed by atoms with Crippen LogP contribution in [-0.4, -0.2) is 72.4 Å². The molecule has 0 aliphatic carbocycles. The van der Waals surface area contributed by atoms with Crippen molar-refractivity contribution in [1.29, 1.82) is 0 Å². The van der Waals surface area contributed by atoms with Crippen LogP contribution >= 0.6 is 0 Å². The van der Waals surface area contributed by atoms with Gasteiger partial charge in [0.2, 0.25) is 0 Å². The van der Waals surface area contributed by atoms with Crippen LogP contribution in [0.2, 0.25) is 0 Å². The van der Waals surface area contributed by atoms with Crippen molar-refractivity contribution in [3.8, 4) is 33.8 Å². The minimum atomic E-state index is -0.461. The van der Waals surface area contributed by atoms with Crippen molar-refractivity contribution in [2.45, 2.75) is 0 Å². The molecule has 0 aliphatic rings. The molecule has 303 valence electrons. The molecular formula is C48H36B2CoN12. The van der Waals surface area contributed by atoms with E-state index >= 15 is 0 Å². The van der Waals surface area contributed by atoms with Gasteiger partial charge in [0.15, 0.2) is 0 Å². The van der Waals surface area contributed by atoms with Crippen molar-refractivity contribution in [3.63, 3.8) is 0 Å². The van der Waals surface area contributed by atoms with Gasteiger partial charge in [0.1, 0.15) is 0 Å². The Morgan fingerprint density at radius 3 is 0.889 bits per heavy atom. The predicted molar refractivity (Wildman–Crippen MR) is 246 cm³/mol. The molecule has 6 heterocycles. The fraction of sp³-hybridized carbons (Fsp3) is 0. The summed E-state index contributed by atoms with van der Waals surface area (Å²) in [4.78, 5) is 0.